The summed E-state index contributed by atoms with van der Waals surface area (Å²) in [6, 6.07) is 9.13. The van der Waals surface area contributed by atoms with E-state index in [0.29, 0.717) is 70.1 Å². The van der Waals surface area contributed by atoms with Crippen molar-refractivity contribution < 1.29 is 14.4 Å². The van der Waals surface area contributed by atoms with Gasteiger partial charge in [-0.1, -0.05) is 30.3 Å². The zero-order valence-corrected chi connectivity index (χ0v) is 23.0. The molecule has 10 heteroatoms. The lowest BCUT2D eigenvalue weighted by atomic mass is 9.97. The Bertz CT molecular complexity index is 1150. The topological polar surface area (TPSA) is 112 Å². The summed E-state index contributed by atoms with van der Waals surface area (Å²) in [5.41, 5.74) is 1.08. The predicted molar refractivity (Wildman–Crippen MR) is 147 cm³/mol. The summed E-state index contributed by atoms with van der Waals surface area (Å²) in [5, 5.41) is 11.3. The van der Waals surface area contributed by atoms with Gasteiger partial charge in [0, 0.05) is 32.6 Å². The van der Waals surface area contributed by atoms with Crippen LogP contribution in [-0.2, 0) is 27.3 Å². The van der Waals surface area contributed by atoms with Crippen LogP contribution in [0.2, 0.25) is 0 Å². The summed E-state index contributed by atoms with van der Waals surface area (Å²) in [5.74, 6) is 1.28. The number of rotatable bonds is 3. The van der Waals surface area contributed by atoms with E-state index >= 15 is 0 Å². The zero-order valence-electron chi connectivity index (χ0n) is 23.0. The third kappa shape index (κ3) is 6.66. The van der Waals surface area contributed by atoms with Gasteiger partial charge in [-0.3, -0.25) is 14.4 Å². The molecule has 1 aromatic carbocycles. The fourth-order valence-electron chi connectivity index (χ4n) is 6.15. The highest BCUT2D eigenvalue weighted by Gasteiger charge is 2.35. The van der Waals surface area contributed by atoms with Crippen LogP contribution >= 0.6 is 0 Å². The molecule has 3 atom stereocenters. The molecule has 0 unspecified atom stereocenters. The van der Waals surface area contributed by atoms with Crippen molar-refractivity contribution in [3.8, 4) is 0 Å². The highest BCUT2D eigenvalue weighted by Crippen LogP contribution is 2.23. The Labute approximate surface area is 230 Å². The van der Waals surface area contributed by atoms with Crippen LogP contribution in [-0.4, -0.2) is 81.1 Å². The molecule has 0 aliphatic carbocycles. The molecular weight excluding hydrogens is 494 g/mol. The average Bonchev–Trinajstić information content (AvgIpc) is 3.34. The van der Waals surface area contributed by atoms with Gasteiger partial charge in [0.1, 0.15) is 17.7 Å². The van der Waals surface area contributed by atoms with Crippen LogP contribution in [0.15, 0.2) is 30.3 Å². The summed E-state index contributed by atoms with van der Waals surface area (Å²) in [4.78, 5) is 49.0. The molecule has 0 bridgehead atoms. The van der Waals surface area contributed by atoms with Gasteiger partial charge in [0.05, 0.1) is 18.5 Å². The summed E-state index contributed by atoms with van der Waals surface area (Å²) in [7, 11) is 0. The van der Waals surface area contributed by atoms with E-state index in [2.05, 4.69) is 15.7 Å². The van der Waals surface area contributed by atoms with Crippen LogP contribution in [0.25, 0.3) is 0 Å². The van der Waals surface area contributed by atoms with Gasteiger partial charge in [0.2, 0.25) is 17.7 Å². The minimum atomic E-state index is -0.490. The Balaban J connectivity index is 1.46. The Morgan fingerprint density at radius 2 is 1.85 bits per heavy atom. The van der Waals surface area contributed by atoms with Crippen LogP contribution in [0.3, 0.4) is 0 Å². The summed E-state index contributed by atoms with van der Waals surface area (Å²) in [6.45, 7) is 5.57. The van der Waals surface area contributed by atoms with Crippen molar-refractivity contribution in [3.63, 3.8) is 0 Å². The summed E-state index contributed by atoms with van der Waals surface area (Å²) >= 11 is 0. The van der Waals surface area contributed by atoms with Gasteiger partial charge in [0.15, 0.2) is 0 Å². The van der Waals surface area contributed by atoms with E-state index in [1.165, 1.54) is 0 Å². The van der Waals surface area contributed by atoms with Crippen molar-refractivity contribution in [1.29, 1.82) is 0 Å². The molecule has 210 valence electrons. The van der Waals surface area contributed by atoms with Crippen LogP contribution in [0, 0.1) is 12.8 Å². The monoisotopic (exact) mass is 535 g/mol. The van der Waals surface area contributed by atoms with Gasteiger partial charge < -0.3 is 20.4 Å². The molecule has 39 heavy (non-hydrogen) atoms. The maximum atomic E-state index is 13.7. The normalized spacial score (nSPS) is 25.3. The number of carbonyl (C=O) groups excluding carboxylic acids is 3. The molecule has 3 amide bonds. The first-order valence-corrected chi connectivity index (χ1v) is 14.5. The molecule has 2 fully saturated rings. The van der Waals surface area contributed by atoms with Gasteiger partial charge in [-0.15, -0.1) is 0 Å². The van der Waals surface area contributed by atoms with Crippen molar-refractivity contribution in [2.24, 2.45) is 5.92 Å². The first kappa shape index (κ1) is 27.3. The van der Waals surface area contributed by atoms with Crippen LogP contribution < -0.4 is 10.6 Å². The number of aromatic nitrogens is 3. The number of nitrogens with one attached hydrogen (secondary N) is 2. The third-order valence-electron chi connectivity index (χ3n) is 8.20. The minimum Gasteiger partial charge on any atom is -0.344 e. The molecule has 1 aromatic heterocycles. The zero-order chi connectivity index (χ0) is 27.2. The smallest absolute Gasteiger partial charge is 0.243 e. The third-order valence-corrected chi connectivity index (χ3v) is 8.20. The molecule has 2 saturated heterocycles. The van der Waals surface area contributed by atoms with Gasteiger partial charge in [-0.25, -0.2) is 9.67 Å². The number of hydrogen-bond acceptors (Lipinski definition) is 6. The molecule has 2 N–H and O–H groups in total. The number of piperidine rings is 2. The SMILES string of the molecule is Cc1nc2n(n1)CCN(C(=O)[C@@H]1CCCNC1)CCCC(=O)N1CCCC[C@H]1C(=O)N[C@@H]2Cc1ccccc1. The first-order chi connectivity index (χ1) is 19.0. The molecule has 3 aliphatic rings. The van der Waals surface area contributed by atoms with Crippen molar-refractivity contribution in [2.75, 3.05) is 32.7 Å². The molecule has 0 spiro atoms. The first-order valence-electron chi connectivity index (χ1n) is 14.5. The molecule has 10 nitrogen and oxygen atoms in total. The molecule has 4 heterocycles. The average molecular weight is 536 g/mol. The number of benzene rings is 1. The van der Waals surface area contributed by atoms with Crippen LogP contribution in [0.4, 0.5) is 0 Å². The van der Waals surface area contributed by atoms with E-state index in [0.717, 1.165) is 37.8 Å². The summed E-state index contributed by atoms with van der Waals surface area (Å²) in [6.07, 6.45) is 5.81. The van der Waals surface area contributed by atoms with Gasteiger partial charge in [-0.2, -0.15) is 5.10 Å². The van der Waals surface area contributed by atoms with Crippen LogP contribution in [0.5, 0.6) is 0 Å². The van der Waals surface area contributed by atoms with E-state index in [1.54, 1.807) is 4.90 Å². The Hall–Kier alpha value is -3.27. The Morgan fingerprint density at radius 1 is 1.00 bits per heavy atom. The standard InChI is InChI=1S/C29H41N7O3/c1-21-31-27-24(19-22-9-3-2-4-10-22)32-28(38)25-12-5-6-16-35(25)26(37)13-8-15-34(17-18-36(27)33-21)29(39)23-11-7-14-30-20-23/h2-4,9-10,23-25,30H,5-8,11-20H2,1H3,(H,32,38)/t23-,24-,25+/m1/s1. The second-order valence-electron chi connectivity index (χ2n) is 11.1. The lowest BCUT2D eigenvalue weighted by Gasteiger charge is -2.36. The maximum Gasteiger partial charge on any atom is 0.243 e. The largest absolute Gasteiger partial charge is 0.344 e. The van der Waals surface area contributed by atoms with E-state index < -0.39 is 12.1 Å². The lowest BCUT2D eigenvalue weighted by Crippen LogP contribution is -2.53. The highest BCUT2D eigenvalue weighted by molar-refractivity contribution is 5.88. The van der Waals surface area contributed by atoms with Gasteiger partial charge in [0.25, 0.3) is 0 Å². The molecule has 3 aliphatic heterocycles. The maximum absolute atomic E-state index is 13.7. The van der Waals surface area contributed by atoms with Crippen molar-refractivity contribution in [1.82, 2.24) is 35.2 Å². The molecule has 2 aromatic rings. The fourth-order valence-corrected chi connectivity index (χ4v) is 6.15. The second kappa shape index (κ2) is 12.7. The molecule has 5 rings (SSSR count). The quantitative estimate of drug-likeness (QED) is 0.622. The van der Waals surface area contributed by atoms with Crippen LogP contribution in [0.1, 0.15) is 68.2 Å². The Morgan fingerprint density at radius 3 is 2.64 bits per heavy atom. The van der Waals surface area contributed by atoms with E-state index in [1.807, 2.05) is 46.8 Å². The number of amides is 3. The van der Waals surface area contributed by atoms with Gasteiger partial charge >= 0.3 is 0 Å². The number of nitrogens with zero attached hydrogens (tertiary/aromatic N) is 5. The van der Waals surface area contributed by atoms with Crippen molar-refractivity contribution in [2.45, 2.75) is 76.9 Å². The van der Waals surface area contributed by atoms with E-state index in [9.17, 15) is 14.4 Å². The van der Waals surface area contributed by atoms with E-state index in [4.69, 9.17) is 4.98 Å². The van der Waals surface area contributed by atoms with Crippen molar-refractivity contribution >= 4 is 17.7 Å². The van der Waals surface area contributed by atoms with E-state index in [-0.39, 0.29) is 23.6 Å². The molecule has 0 radical (unpaired) electrons. The van der Waals surface area contributed by atoms with Gasteiger partial charge in [-0.05, 0) is 64.0 Å². The minimum absolute atomic E-state index is 0.00254. The predicted octanol–water partition coefficient (Wildman–Crippen LogP) is 1.99. The molecule has 0 saturated carbocycles. The number of hydrogen-bond donors (Lipinski definition) is 2. The fraction of sp³-hybridized carbons (Fsp3) is 0.621. The summed E-state index contributed by atoms with van der Waals surface area (Å²) < 4.78 is 1.86. The molecular formula is C29H41N7O3. The number of aryl methyl sites for hydroxylation is 1. The lowest BCUT2D eigenvalue weighted by molar-refractivity contribution is -0.143. The second-order valence-corrected chi connectivity index (χ2v) is 11.1. The van der Waals surface area contributed by atoms with Crippen molar-refractivity contribution in [3.05, 3.63) is 47.5 Å². The highest BCUT2D eigenvalue weighted by atomic mass is 16.2. The Kier molecular flexibility index (Phi) is 8.91. The number of carbonyl (C=O) groups is 3. The number of fused-ring (bicyclic) bond motifs is 2.